The van der Waals surface area contributed by atoms with Gasteiger partial charge >= 0.3 is 0 Å². The van der Waals surface area contributed by atoms with Gasteiger partial charge in [-0.3, -0.25) is 0 Å². The molecule has 0 saturated heterocycles. The van der Waals surface area contributed by atoms with Crippen molar-refractivity contribution in [3.63, 3.8) is 0 Å². The van der Waals surface area contributed by atoms with Crippen molar-refractivity contribution in [1.29, 1.82) is 0 Å². The van der Waals surface area contributed by atoms with Gasteiger partial charge in [0.25, 0.3) is 0 Å². The molecule has 1 heterocycles. The van der Waals surface area contributed by atoms with E-state index < -0.39 is 0 Å². The number of oxazole rings is 1. The maximum atomic E-state index is 14.6. The summed E-state index contributed by atoms with van der Waals surface area (Å²) in [4.78, 5) is 4.36. The molecule has 0 amide bonds. The zero-order chi connectivity index (χ0) is 17.2. The Balaban J connectivity index is 1.68. The number of benzene rings is 3. The van der Waals surface area contributed by atoms with E-state index in [0.29, 0.717) is 23.3 Å². The molecule has 4 rings (SSSR count). The largest absolute Gasteiger partial charge is 0.494 e. The standard InChI is InChI=1S/C21H16FNO2/c1-2-24-16-10-7-14(8-11-16)15-9-12-17(18(22)13-15)21-23-19-5-3-4-6-20(19)25-21/h3-13H,2H2,1H3. The molecule has 0 atom stereocenters. The van der Waals surface area contributed by atoms with Gasteiger partial charge in [0.15, 0.2) is 5.58 Å². The predicted octanol–water partition coefficient (Wildman–Crippen LogP) is 5.70. The molecule has 0 saturated carbocycles. The fourth-order valence-corrected chi connectivity index (χ4v) is 2.77. The van der Waals surface area contributed by atoms with E-state index in [1.807, 2.05) is 61.5 Å². The number of para-hydroxylation sites is 2. The van der Waals surface area contributed by atoms with Gasteiger partial charge in [-0.1, -0.05) is 30.3 Å². The van der Waals surface area contributed by atoms with Crippen LogP contribution in [0.4, 0.5) is 4.39 Å². The Labute approximate surface area is 144 Å². The first-order chi connectivity index (χ1) is 12.2. The summed E-state index contributed by atoms with van der Waals surface area (Å²) in [5, 5.41) is 0. The average Bonchev–Trinajstić information content (AvgIpc) is 3.06. The molecular formula is C21H16FNO2. The van der Waals surface area contributed by atoms with E-state index in [0.717, 1.165) is 16.9 Å². The summed E-state index contributed by atoms with van der Waals surface area (Å²) in [5.41, 5.74) is 3.43. The molecule has 1 aromatic heterocycles. The van der Waals surface area contributed by atoms with Crippen LogP contribution in [0.3, 0.4) is 0 Å². The Hall–Kier alpha value is -3.14. The minimum Gasteiger partial charge on any atom is -0.494 e. The average molecular weight is 333 g/mol. The van der Waals surface area contributed by atoms with E-state index in [9.17, 15) is 4.39 Å². The van der Waals surface area contributed by atoms with Crippen LogP contribution in [0.1, 0.15) is 6.92 Å². The zero-order valence-electron chi connectivity index (χ0n) is 13.7. The third-order valence-electron chi connectivity index (χ3n) is 3.99. The molecule has 0 spiro atoms. The van der Waals surface area contributed by atoms with Crippen LogP contribution >= 0.6 is 0 Å². The Morgan fingerprint density at radius 1 is 0.960 bits per heavy atom. The quantitative estimate of drug-likeness (QED) is 0.480. The summed E-state index contributed by atoms with van der Waals surface area (Å²) in [7, 11) is 0. The summed E-state index contributed by atoms with van der Waals surface area (Å²) >= 11 is 0. The Morgan fingerprint density at radius 2 is 1.72 bits per heavy atom. The van der Waals surface area contributed by atoms with Crippen LogP contribution in [0.15, 0.2) is 71.1 Å². The molecule has 124 valence electrons. The third-order valence-corrected chi connectivity index (χ3v) is 3.99. The van der Waals surface area contributed by atoms with Gasteiger partial charge < -0.3 is 9.15 Å². The van der Waals surface area contributed by atoms with E-state index >= 15 is 0 Å². The number of rotatable bonds is 4. The normalized spacial score (nSPS) is 11.0. The molecule has 0 unspecified atom stereocenters. The van der Waals surface area contributed by atoms with Crippen molar-refractivity contribution in [3.8, 4) is 28.3 Å². The number of hydrogen-bond acceptors (Lipinski definition) is 3. The Bertz CT molecular complexity index is 989. The van der Waals surface area contributed by atoms with Crippen molar-refractivity contribution in [2.45, 2.75) is 6.92 Å². The van der Waals surface area contributed by atoms with Crippen molar-refractivity contribution in [3.05, 3.63) is 72.5 Å². The lowest BCUT2D eigenvalue weighted by atomic mass is 10.0. The van der Waals surface area contributed by atoms with Crippen molar-refractivity contribution in [2.24, 2.45) is 0 Å². The third kappa shape index (κ3) is 2.98. The molecule has 0 bridgehead atoms. The molecule has 4 heteroatoms. The number of halogens is 1. The summed E-state index contributed by atoms with van der Waals surface area (Å²) < 4.78 is 25.7. The van der Waals surface area contributed by atoms with Crippen LogP contribution in [0.5, 0.6) is 5.75 Å². The van der Waals surface area contributed by atoms with Gasteiger partial charge in [-0.25, -0.2) is 9.37 Å². The summed E-state index contributed by atoms with van der Waals surface area (Å²) in [6.07, 6.45) is 0. The molecule has 0 N–H and O–H groups in total. The van der Waals surface area contributed by atoms with Gasteiger partial charge in [-0.15, -0.1) is 0 Å². The molecule has 0 fully saturated rings. The maximum absolute atomic E-state index is 14.6. The lowest BCUT2D eigenvalue weighted by Gasteiger charge is -2.06. The summed E-state index contributed by atoms with van der Waals surface area (Å²) in [5.74, 6) is 0.727. The molecule has 3 nitrogen and oxygen atoms in total. The molecule has 25 heavy (non-hydrogen) atoms. The first kappa shape index (κ1) is 15.4. The van der Waals surface area contributed by atoms with E-state index in [-0.39, 0.29) is 11.7 Å². The van der Waals surface area contributed by atoms with Crippen LogP contribution < -0.4 is 4.74 Å². The topological polar surface area (TPSA) is 35.3 Å². The highest BCUT2D eigenvalue weighted by Crippen LogP contribution is 2.30. The number of aromatic nitrogens is 1. The lowest BCUT2D eigenvalue weighted by Crippen LogP contribution is -1.91. The Kier molecular flexibility index (Phi) is 3.94. The first-order valence-corrected chi connectivity index (χ1v) is 8.13. The first-order valence-electron chi connectivity index (χ1n) is 8.13. The highest BCUT2D eigenvalue weighted by Gasteiger charge is 2.13. The van der Waals surface area contributed by atoms with Crippen LogP contribution in [-0.2, 0) is 0 Å². The van der Waals surface area contributed by atoms with Crippen LogP contribution in [0, 0.1) is 5.82 Å². The number of fused-ring (bicyclic) bond motifs is 1. The summed E-state index contributed by atoms with van der Waals surface area (Å²) in [6.45, 7) is 2.56. The fraction of sp³-hybridized carbons (Fsp3) is 0.0952. The van der Waals surface area contributed by atoms with Gasteiger partial charge in [0.2, 0.25) is 5.89 Å². The molecular weight excluding hydrogens is 317 g/mol. The number of nitrogens with zero attached hydrogens (tertiary/aromatic N) is 1. The molecule has 3 aromatic carbocycles. The number of ether oxygens (including phenoxy) is 1. The minimum atomic E-state index is -0.363. The second-order valence-electron chi connectivity index (χ2n) is 5.64. The Morgan fingerprint density at radius 3 is 2.44 bits per heavy atom. The lowest BCUT2D eigenvalue weighted by molar-refractivity contribution is 0.340. The highest BCUT2D eigenvalue weighted by atomic mass is 19.1. The molecule has 0 radical (unpaired) electrons. The van der Waals surface area contributed by atoms with Crippen LogP contribution in [0.2, 0.25) is 0 Å². The fourth-order valence-electron chi connectivity index (χ4n) is 2.77. The van der Waals surface area contributed by atoms with Crippen molar-refractivity contribution in [1.82, 2.24) is 4.98 Å². The van der Waals surface area contributed by atoms with Crippen LogP contribution in [-0.4, -0.2) is 11.6 Å². The van der Waals surface area contributed by atoms with Crippen LogP contribution in [0.25, 0.3) is 33.7 Å². The van der Waals surface area contributed by atoms with E-state index in [1.165, 1.54) is 6.07 Å². The number of hydrogen-bond donors (Lipinski definition) is 0. The van der Waals surface area contributed by atoms with E-state index in [4.69, 9.17) is 9.15 Å². The molecule has 0 aliphatic rings. The van der Waals surface area contributed by atoms with E-state index in [2.05, 4.69) is 4.98 Å². The summed E-state index contributed by atoms with van der Waals surface area (Å²) in [6, 6.07) is 20.1. The molecule has 0 aliphatic heterocycles. The van der Waals surface area contributed by atoms with E-state index in [1.54, 1.807) is 6.07 Å². The van der Waals surface area contributed by atoms with Gasteiger partial charge in [0.05, 0.1) is 12.2 Å². The smallest absolute Gasteiger partial charge is 0.230 e. The van der Waals surface area contributed by atoms with Crippen molar-refractivity contribution >= 4 is 11.1 Å². The minimum absolute atomic E-state index is 0.289. The SMILES string of the molecule is CCOc1ccc(-c2ccc(-c3nc4ccccc4o3)c(F)c2)cc1. The maximum Gasteiger partial charge on any atom is 0.230 e. The monoisotopic (exact) mass is 333 g/mol. The van der Waals surface area contributed by atoms with Gasteiger partial charge in [-0.2, -0.15) is 0 Å². The second kappa shape index (κ2) is 6.40. The van der Waals surface area contributed by atoms with Crippen molar-refractivity contribution < 1.29 is 13.5 Å². The highest BCUT2D eigenvalue weighted by molar-refractivity contribution is 5.77. The second-order valence-corrected chi connectivity index (χ2v) is 5.64. The van der Waals surface area contributed by atoms with Gasteiger partial charge in [0, 0.05) is 0 Å². The van der Waals surface area contributed by atoms with Gasteiger partial charge in [0.1, 0.15) is 17.1 Å². The molecule has 0 aliphatic carbocycles. The predicted molar refractivity (Wildman–Crippen MR) is 96.0 cm³/mol. The molecule has 4 aromatic rings. The zero-order valence-corrected chi connectivity index (χ0v) is 13.7. The van der Waals surface area contributed by atoms with Gasteiger partial charge in [-0.05, 0) is 54.4 Å². The van der Waals surface area contributed by atoms with Crippen molar-refractivity contribution in [2.75, 3.05) is 6.61 Å².